The summed E-state index contributed by atoms with van der Waals surface area (Å²) in [7, 11) is 1.15. The third kappa shape index (κ3) is 4.55. The Morgan fingerprint density at radius 3 is 2.46 bits per heavy atom. The summed E-state index contributed by atoms with van der Waals surface area (Å²) in [4.78, 5) is 15.2. The maximum Gasteiger partial charge on any atom is 0.573 e. The van der Waals surface area contributed by atoms with Gasteiger partial charge in [0.15, 0.2) is 5.82 Å². The standard InChI is InChI=1S/C17H12F4N4O3/c1-27-16(26)23-14-7-2-10(8-13(14)18)15-22-9-25(24-15)11-3-5-12(6-4-11)28-17(19,20)21/h2-9H,1H3,(H,23,26). The van der Waals surface area contributed by atoms with Crippen LogP contribution in [0.25, 0.3) is 17.1 Å². The van der Waals surface area contributed by atoms with Crippen LogP contribution in [0.5, 0.6) is 5.75 Å². The zero-order valence-electron chi connectivity index (χ0n) is 14.2. The molecule has 1 amide bonds. The average Bonchev–Trinajstić information content (AvgIpc) is 3.12. The molecule has 0 bridgehead atoms. The fourth-order valence-electron chi connectivity index (χ4n) is 2.24. The number of hydrogen-bond donors (Lipinski definition) is 1. The predicted octanol–water partition coefficient (Wildman–Crippen LogP) is 4.15. The van der Waals surface area contributed by atoms with Gasteiger partial charge in [0, 0.05) is 5.56 Å². The van der Waals surface area contributed by atoms with Gasteiger partial charge >= 0.3 is 12.5 Å². The number of hydrogen-bond acceptors (Lipinski definition) is 5. The maximum atomic E-state index is 14.1. The van der Waals surface area contributed by atoms with Gasteiger partial charge in [-0.1, -0.05) is 0 Å². The van der Waals surface area contributed by atoms with Gasteiger partial charge in [0.25, 0.3) is 0 Å². The molecule has 0 saturated heterocycles. The van der Waals surface area contributed by atoms with Gasteiger partial charge in [-0.25, -0.2) is 18.9 Å². The number of amides is 1. The summed E-state index contributed by atoms with van der Waals surface area (Å²) in [5.41, 5.74) is 0.691. The number of rotatable bonds is 4. The first-order valence-corrected chi connectivity index (χ1v) is 7.68. The largest absolute Gasteiger partial charge is 0.573 e. The summed E-state index contributed by atoms with van der Waals surface area (Å²) in [6.45, 7) is 0. The number of aromatic nitrogens is 3. The number of alkyl halides is 3. The van der Waals surface area contributed by atoms with Crippen LogP contribution in [0.3, 0.4) is 0 Å². The van der Waals surface area contributed by atoms with Crippen molar-refractivity contribution in [3.8, 4) is 22.8 Å². The Bertz CT molecular complexity index is 987. The van der Waals surface area contributed by atoms with Crippen molar-refractivity contribution < 1.29 is 31.8 Å². The molecule has 0 aliphatic carbocycles. The van der Waals surface area contributed by atoms with Crippen LogP contribution in [0.2, 0.25) is 0 Å². The molecule has 28 heavy (non-hydrogen) atoms. The quantitative estimate of drug-likeness (QED) is 0.671. The lowest BCUT2D eigenvalue weighted by molar-refractivity contribution is -0.274. The van der Waals surface area contributed by atoms with Crippen molar-refractivity contribution in [3.63, 3.8) is 0 Å². The molecule has 7 nitrogen and oxygen atoms in total. The Morgan fingerprint density at radius 2 is 1.86 bits per heavy atom. The minimum absolute atomic E-state index is 0.0738. The molecule has 0 radical (unpaired) electrons. The Labute approximate surface area is 155 Å². The van der Waals surface area contributed by atoms with E-state index in [4.69, 9.17) is 0 Å². The number of nitrogens with one attached hydrogen (secondary N) is 1. The normalized spacial score (nSPS) is 11.2. The fourth-order valence-corrected chi connectivity index (χ4v) is 2.24. The highest BCUT2D eigenvalue weighted by atomic mass is 19.4. The lowest BCUT2D eigenvalue weighted by Gasteiger charge is -2.09. The van der Waals surface area contributed by atoms with Gasteiger partial charge in [0.1, 0.15) is 17.9 Å². The molecule has 0 fully saturated rings. The van der Waals surface area contributed by atoms with Crippen LogP contribution in [0.4, 0.5) is 28.0 Å². The van der Waals surface area contributed by atoms with Gasteiger partial charge in [-0.3, -0.25) is 5.32 Å². The molecule has 0 saturated carbocycles. The van der Waals surface area contributed by atoms with Crippen molar-refractivity contribution in [2.24, 2.45) is 0 Å². The van der Waals surface area contributed by atoms with Crippen molar-refractivity contribution in [2.75, 3.05) is 12.4 Å². The Morgan fingerprint density at radius 1 is 1.14 bits per heavy atom. The number of methoxy groups -OCH3 is 1. The third-order valence-electron chi connectivity index (χ3n) is 3.48. The van der Waals surface area contributed by atoms with Gasteiger partial charge < -0.3 is 9.47 Å². The molecule has 3 aromatic rings. The molecule has 0 atom stereocenters. The van der Waals surface area contributed by atoms with Crippen LogP contribution in [-0.2, 0) is 4.74 Å². The van der Waals surface area contributed by atoms with Crippen molar-refractivity contribution in [2.45, 2.75) is 6.36 Å². The minimum atomic E-state index is -4.78. The first kappa shape index (κ1) is 19.1. The fraction of sp³-hybridized carbons (Fsp3) is 0.118. The van der Waals surface area contributed by atoms with E-state index in [1.165, 1.54) is 35.3 Å². The number of ether oxygens (including phenoxy) is 2. The monoisotopic (exact) mass is 396 g/mol. The van der Waals surface area contributed by atoms with Gasteiger partial charge in [-0.05, 0) is 42.5 Å². The summed E-state index contributed by atoms with van der Waals surface area (Å²) in [6.07, 6.45) is -4.26. The predicted molar refractivity (Wildman–Crippen MR) is 89.5 cm³/mol. The van der Waals surface area contributed by atoms with Crippen LogP contribution >= 0.6 is 0 Å². The SMILES string of the molecule is COC(=O)Nc1ccc(-c2ncn(-c3ccc(OC(F)(F)F)cc3)n2)cc1F. The Balaban J connectivity index is 1.78. The Kier molecular flexibility index (Phi) is 5.16. The molecule has 11 heteroatoms. The molecule has 146 valence electrons. The van der Waals surface area contributed by atoms with E-state index in [1.54, 1.807) is 0 Å². The number of anilines is 1. The average molecular weight is 396 g/mol. The van der Waals surface area contributed by atoms with Crippen LogP contribution in [-0.4, -0.2) is 34.3 Å². The lowest BCUT2D eigenvalue weighted by atomic mass is 10.2. The Hall–Kier alpha value is -3.63. The molecule has 0 unspecified atom stereocenters. The van der Waals surface area contributed by atoms with E-state index in [1.807, 2.05) is 0 Å². The smallest absolute Gasteiger partial charge is 0.453 e. The molecule has 1 aromatic heterocycles. The second-order valence-corrected chi connectivity index (χ2v) is 5.37. The summed E-state index contributed by atoms with van der Waals surface area (Å²) < 4.78 is 60.2. The van der Waals surface area contributed by atoms with E-state index in [2.05, 4.69) is 24.9 Å². The molecule has 0 aliphatic heterocycles. The summed E-state index contributed by atoms with van der Waals surface area (Å²) in [5.74, 6) is -0.903. The maximum absolute atomic E-state index is 14.1. The van der Waals surface area contributed by atoms with E-state index >= 15 is 0 Å². The van der Waals surface area contributed by atoms with Crippen LogP contribution in [0, 0.1) is 5.82 Å². The van der Waals surface area contributed by atoms with Gasteiger partial charge in [0.05, 0.1) is 18.5 Å². The molecule has 2 aromatic carbocycles. The number of halogens is 4. The van der Waals surface area contributed by atoms with Crippen LogP contribution in [0.15, 0.2) is 48.8 Å². The lowest BCUT2D eigenvalue weighted by Crippen LogP contribution is -2.17. The number of carbonyl (C=O) groups excluding carboxylic acids is 1. The van der Waals surface area contributed by atoms with Crippen molar-refractivity contribution in [3.05, 3.63) is 54.6 Å². The molecule has 0 spiro atoms. The van der Waals surface area contributed by atoms with Gasteiger partial charge in [-0.15, -0.1) is 18.3 Å². The molecular weight excluding hydrogens is 384 g/mol. The number of benzene rings is 2. The third-order valence-corrected chi connectivity index (χ3v) is 3.48. The highest BCUT2D eigenvalue weighted by Crippen LogP contribution is 2.25. The van der Waals surface area contributed by atoms with E-state index < -0.39 is 18.3 Å². The highest BCUT2D eigenvalue weighted by molar-refractivity contribution is 5.85. The van der Waals surface area contributed by atoms with Crippen molar-refractivity contribution in [1.29, 1.82) is 0 Å². The van der Waals surface area contributed by atoms with Crippen molar-refractivity contribution >= 4 is 11.8 Å². The first-order valence-electron chi connectivity index (χ1n) is 7.68. The highest BCUT2D eigenvalue weighted by Gasteiger charge is 2.31. The molecular formula is C17H12F4N4O3. The van der Waals surface area contributed by atoms with Gasteiger partial charge in [-0.2, -0.15) is 0 Å². The summed E-state index contributed by atoms with van der Waals surface area (Å²) >= 11 is 0. The molecule has 3 rings (SSSR count). The van der Waals surface area contributed by atoms with E-state index in [9.17, 15) is 22.4 Å². The zero-order chi connectivity index (χ0) is 20.3. The minimum Gasteiger partial charge on any atom is -0.453 e. The van der Waals surface area contributed by atoms with E-state index in [0.717, 1.165) is 25.3 Å². The van der Waals surface area contributed by atoms with Crippen LogP contribution < -0.4 is 10.1 Å². The van der Waals surface area contributed by atoms with E-state index in [-0.39, 0.29) is 17.3 Å². The van der Waals surface area contributed by atoms with Gasteiger partial charge in [0.2, 0.25) is 0 Å². The second kappa shape index (κ2) is 7.55. The topological polar surface area (TPSA) is 78.3 Å². The zero-order valence-corrected chi connectivity index (χ0v) is 14.2. The second-order valence-electron chi connectivity index (χ2n) is 5.37. The first-order chi connectivity index (χ1) is 13.2. The number of nitrogens with zero attached hydrogens (tertiary/aromatic N) is 3. The van der Waals surface area contributed by atoms with Crippen LogP contribution in [0.1, 0.15) is 0 Å². The number of carbonyl (C=O) groups is 1. The summed E-state index contributed by atoms with van der Waals surface area (Å²) in [5, 5.41) is 6.38. The molecule has 1 heterocycles. The molecule has 0 aliphatic rings. The molecule has 1 N–H and O–H groups in total. The van der Waals surface area contributed by atoms with Crippen molar-refractivity contribution in [1.82, 2.24) is 14.8 Å². The van der Waals surface area contributed by atoms with E-state index in [0.29, 0.717) is 11.3 Å². The summed E-state index contributed by atoms with van der Waals surface area (Å²) in [6, 6.07) is 8.95.